The molecule has 0 aromatic carbocycles. The van der Waals surface area contributed by atoms with Gasteiger partial charge in [-0.05, 0) is 25.7 Å². The Morgan fingerprint density at radius 2 is 2.23 bits per heavy atom. The van der Waals surface area contributed by atoms with E-state index in [2.05, 4.69) is 0 Å². The lowest BCUT2D eigenvalue weighted by molar-refractivity contribution is -0.164. The molecule has 0 unspecified atom stereocenters. The number of amides is 1. The first kappa shape index (κ1) is 9.03. The number of allylic oxidation sites excluding steroid dienone is 1. The summed E-state index contributed by atoms with van der Waals surface area (Å²) in [5, 5.41) is 2.16. The van der Waals surface area contributed by atoms with E-state index in [1.165, 1.54) is 5.06 Å². The number of nitrogens with zero attached hydrogens (tertiary/aromatic N) is 1. The number of rotatable bonds is 1. The SMILES string of the molecule is O=C(C1=C(Cl)CCC1)N1CCCO1. The molecule has 3 nitrogen and oxygen atoms in total. The highest BCUT2D eigenvalue weighted by Crippen LogP contribution is 2.30. The van der Waals surface area contributed by atoms with Crippen molar-refractivity contribution in [1.29, 1.82) is 0 Å². The molecule has 0 atom stereocenters. The molecule has 1 heterocycles. The summed E-state index contributed by atoms with van der Waals surface area (Å²) in [7, 11) is 0. The second-order valence-electron chi connectivity index (χ2n) is 3.33. The molecule has 0 bridgehead atoms. The fourth-order valence-electron chi connectivity index (χ4n) is 1.69. The zero-order chi connectivity index (χ0) is 9.26. The molecule has 2 aliphatic rings. The number of carbonyl (C=O) groups excluding carboxylic acids is 1. The minimum atomic E-state index is -0.0278. The maximum atomic E-state index is 11.7. The second kappa shape index (κ2) is 3.68. The predicted molar refractivity (Wildman–Crippen MR) is 49.0 cm³/mol. The maximum Gasteiger partial charge on any atom is 0.274 e. The monoisotopic (exact) mass is 201 g/mol. The van der Waals surface area contributed by atoms with Gasteiger partial charge in [0.25, 0.3) is 5.91 Å². The van der Waals surface area contributed by atoms with Crippen LogP contribution in [0.5, 0.6) is 0 Å². The van der Waals surface area contributed by atoms with E-state index in [-0.39, 0.29) is 5.91 Å². The lowest BCUT2D eigenvalue weighted by atomic mass is 10.2. The van der Waals surface area contributed by atoms with E-state index in [1.807, 2.05) is 0 Å². The quantitative estimate of drug-likeness (QED) is 0.648. The summed E-state index contributed by atoms with van der Waals surface area (Å²) in [4.78, 5) is 16.9. The minimum absolute atomic E-state index is 0.0278. The highest BCUT2D eigenvalue weighted by atomic mass is 35.5. The van der Waals surface area contributed by atoms with Crippen LogP contribution < -0.4 is 0 Å². The summed E-state index contributed by atoms with van der Waals surface area (Å²) in [6, 6.07) is 0. The summed E-state index contributed by atoms with van der Waals surface area (Å²) in [5.74, 6) is -0.0278. The van der Waals surface area contributed by atoms with Crippen molar-refractivity contribution in [2.75, 3.05) is 13.2 Å². The second-order valence-corrected chi connectivity index (χ2v) is 3.79. The Morgan fingerprint density at radius 1 is 1.38 bits per heavy atom. The van der Waals surface area contributed by atoms with E-state index in [4.69, 9.17) is 16.4 Å². The number of carbonyl (C=O) groups is 1. The van der Waals surface area contributed by atoms with Gasteiger partial charge in [-0.25, -0.2) is 5.06 Å². The van der Waals surface area contributed by atoms with E-state index >= 15 is 0 Å². The molecule has 72 valence electrons. The van der Waals surface area contributed by atoms with Crippen LogP contribution in [0.25, 0.3) is 0 Å². The molecular weight excluding hydrogens is 190 g/mol. The van der Waals surface area contributed by atoms with Crippen LogP contribution in [0.4, 0.5) is 0 Å². The van der Waals surface area contributed by atoms with Gasteiger partial charge in [0.1, 0.15) is 0 Å². The van der Waals surface area contributed by atoms with Gasteiger partial charge in [-0.1, -0.05) is 11.6 Å². The first-order chi connectivity index (χ1) is 6.29. The van der Waals surface area contributed by atoms with Crippen LogP contribution in [0, 0.1) is 0 Å². The molecule has 0 spiro atoms. The van der Waals surface area contributed by atoms with E-state index in [0.717, 1.165) is 36.3 Å². The van der Waals surface area contributed by atoms with E-state index in [1.54, 1.807) is 0 Å². The van der Waals surface area contributed by atoms with Crippen LogP contribution in [0.15, 0.2) is 10.6 Å². The van der Waals surface area contributed by atoms with Gasteiger partial charge in [0.2, 0.25) is 0 Å². The Kier molecular flexibility index (Phi) is 2.56. The van der Waals surface area contributed by atoms with Crippen molar-refractivity contribution in [3.05, 3.63) is 10.6 Å². The molecule has 1 amide bonds. The van der Waals surface area contributed by atoms with Crippen molar-refractivity contribution in [2.45, 2.75) is 25.7 Å². The van der Waals surface area contributed by atoms with E-state index < -0.39 is 0 Å². The fourth-order valence-corrected chi connectivity index (χ4v) is 2.00. The van der Waals surface area contributed by atoms with Gasteiger partial charge < -0.3 is 0 Å². The third kappa shape index (κ3) is 1.71. The minimum Gasteiger partial charge on any atom is -0.271 e. The summed E-state index contributed by atoms with van der Waals surface area (Å²) in [5.41, 5.74) is 0.753. The fraction of sp³-hybridized carbons (Fsp3) is 0.667. The Hall–Kier alpha value is -0.540. The molecule has 2 rings (SSSR count). The first-order valence-electron chi connectivity index (χ1n) is 4.61. The Balaban J connectivity index is 2.07. The molecule has 0 aromatic rings. The molecular formula is C9H12ClNO2. The van der Waals surface area contributed by atoms with Gasteiger partial charge in [0.15, 0.2) is 0 Å². The number of halogens is 1. The highest BCUT2D eigenvalue weighted by molar-refractivity contribution is 6.32. The highest BCUT2D eigenvalue weighted by Gasteiger charge is 2.27. The van der Waals surface area contributed by atoms with Gasteiger partial charge in [-0.2, -0.15) is 0 Å². The Labute approximate surface area is 82.2 Å². The molecule has 13 heavy (non-hydrogen) atoms. The lowest BCUT2D eigenvalue weighted by Gasteiger charge is -2.14. The average Bonchev–Trinajstić information content (AvgIpc) is 2.72. The molecule has 0 N–H and O–H groups in total. The molecule has 0 saturated carbocycles. The molecule has 1 aliphatic heterocycles. The largest absolute Gasteiger partial charge is 0.274 e. The van der Waals surface area contributed by atoms with Gasteiger partial charge >= 0.3 is 0 Å². The lowest BCUT2D eigenvalue weighted by Crippen LogP contribution is -2.27. The Bertz CT molecular complexity index is 256. The van der Waals surface area contributed by atoms with Gasteiger partial charge in [-0.3, -0.25) is 9.63 Å². The molecule has 1 aliphatic carbocycles. The van der Waals surface area contributed by atoms with Crippen LogP contribution in [0.2, 0.25) is 0 Å². The van der Waals surface area contributed by atoms with Crippen LogP contribution in [0.3, 0.4) is 0 Å². The third-order valence-electron chi connectivity index (χ3n) is 2.39. The van der Waals surface area contributed by atoms with E-state index in [0.29, 0.717) is 13.2 Å². The van der Waals surface area contributed by atoms with Crippen molar-refractivity contribution in [2.24, 2.45) is 0 Å². The summed E-state index contributed by atoms with van der Waals surface area (Å²) >= 11 is 5.93. The van der Waals surface area contributed by atoms with Crippen LogP contribution in [-0.2, 0) is 9.63 Å². The molecule has 1 saturated heterocycles. The number of hydrogen-bond donors (Lipinski definition) is 0. The smallest absolute Gasteiger partial charge is 0.271 e. The van der Waals surface area contributed by atoms with Crippen LogP contribution in [0.1, 0.15) is 25.7 Å². The van der Waals surface area contributed by atoms with Gasteiger partial charge in [-0.15, -0.1) is 0 Å². The standard InChI is InChI=1S/C9H12ClNO2/c10-8-4-1-3-7(8)9(12)11-5-2-6-13-11/h1-6H2. The molecule has 4 heteroatoms. The van der Waals surface area contributed by atoms with Crippen molar-refractivity contribution >= 4 is 17.5 Å². The van der Waals surface area contributed by atoms with E-state index in [9.17, 15) is 4.79 Å². The molecule has 0 aromatic heterocycles. The summed E-state index contributed by atoms with van der Waals surface area (Å²) in [6.07, 6.45) is 3.57. The third-order valence-corrected chi connectivity index (χ3v) is 2.80. The van der Waals surface area contributed by atoms with Gasteiger partial charge in [0.05, 0.1) is 13.2 Å². The molecule has 1 fully saturated rings. The Morgan fingerprint density at radius 3 is 2.77 bits per heavy atom. The van der Waals surface area contributed by atoms with Crippen LogP contribution in [-0.4, -0.2) is 24.1 Å². The zero-order valence-corrected chi connectivity index (χ0v) is 8.14. The average molecular weight is 202 g/mol. The topological polar surface area (TPSA) is 29.5 Å². The molecule has 0 radical (unpaired) electrons. The summed E-state index contributed by atoms with van der Waals surface area (Å²) in [6.45, 7) is 1.35. The van der Waals surface area contributed by atoms with Crippen LogP contribution >= 0.6 is 11.6 Å². The van der Waals surface area contributed by atoms with Crippen molar-refractivity contribution in [3.8, 4) is 0 Å². The number of hydrogen-bond acceptors (Lipinski definition) is 2. The maximum absolute atomic E-state index is 11.7. The first-order valence-corrected chi connectivity index (χ1v) is 4.99. The predicted octanol–water partition coefficient (Wildman–Crippen LogP) is 1.83. The normalized spacial score (nSPS) is 23.0. The van der Waals surface area contributed by atoms with Gasteiger partial charge in [0, 0.05) is 10.6 Å². The summed E-state index contributed by atoms with van der Waals surface area (Å²) < 4.78 is 0. The zero-order valence-electron chi connectivity index (χ0n) is 7.38. The van der Waals surface area contributed by atoms with Crippen molar-refractivity contribution in [1.82, 2.24) is 5.06 Å². The number of hydroxylamine groups is 2. The van der Waals surface area contributed by atoms with Crippen molar-refractivity contribution in [3.63, 3.8) is 0 Å². The van der Waals surface area contributed by atoms with Crippen molar-refractivity contribution < 1.29 is 9.63 Å².